The first kappa shape index (κ1) is 24.6. The molecule has 0 spiro atoms. The van der Waals surface area contributed by atoms with Crippen molar-refractivity contribution < 1.29 is 33.2 Å². The molecule has 3 heterocycles. The SMILES string of the molecule is COc1cc([C@@H]2c3cc4c(cc3C(N3N=NC5C3[C@@H]3C[C@H]5C5C=CCC53)[C@H]3COC(=O)[C@H]23)OCO4)cc(OC)c1OC. The van der Waals surface area contributed by atoms with Gasteiger partial charge in [0.2, 0.25) is 12.5 Å². The first-order valence-electron chi connectivity index (χ1n) is 14.9. The average Bonchev–Trinajstić information content (AvgIpc) is 3.84. The Hall–Kier alpha value is -3.95. The molecule has 5 unspecified atom stereocenters. The minimum absolute atomic E-state index is 0.121. The average molecular weight is 572 g/mol. The summed E-state index contributed by atoms with van der Waals surface area (Å²) in [6.07, 6.45) is 7.11. The number of hydrogen-bond acceptors (Lipinski definition) is 10. The molecule has 10 atom stereocenters. The molecule has 7 aliphatic rings. The molecule has 9 rings (SSSR count). The van der Waals surface area contributed by atoms with Gasteiger partial charge in [0, 0.05) is 11.8 Å². The maximum absolute atomic E-state index is 13.7. The summed E-state index contributed by atoms with van der Waals surface area (Å²) in [6, 6.07) is 8.28. The lowest BCUT2D eigenvalue weighted by Crippen LogP contribution is -2.50. The molecular weight excluding hydrogens is 538 g/mol. The minimum Gasteiger partial charge on any atom is -0.493 e. The third kappa shape index (κ3) is 3.07. The van der Waals surface area contributed by atoms with Crippen molar-refractivity contribution in [2.24, 2.45) is 45.8 Å². The van der Waals surface area contributed by atoms with Gasteiger partial charge in [0.25, 0.3) is 0 Å². The summed E-state index contributed by atoms with van der Waals surface area (Å²) in [7, 11) is 4.79. The van der Waals surface area contributed by atoms with Crippen LogP contribution in [0.4, 0.5) is 0 Å². The maximum Gasteiger partial charge on any atom is 0.310 e. The molecule has 0 radical (unpaired) electrons. The van der Waals surface area contributed by atoms with Crippen LogP contribution >= 0.6 is 0 Å². The summed E-state index contributed by atoms with van der Waals surface area (Å²) < 4.78 is 34.7. The highest BCUT2D eigenvalue weighted by molar-refractivity contribution is 5.79. The summed E-state index contributed by atoms with van der Waals surface area (Å²) in [5.41, 5.74) is 2.97. The Morgan fingerprint density at radius 1 is 0.881 bits per heavy atom. The Balaban J connectivity index is 1.21. The monoisotopic (exact) mass is 571 g/mol. The molecule has 3 aliphatic heterocycles. The van der Waals surface area contributed by atoms with Gasteiger partial charge in [-0.1, -0.05) is 17.4 Å². The molecule has 0 amide bonds. The number of allylic oxidation sites excluding steroid dienone is 2. The Kier molecular flexibility index (Phi) is 5.15. The fourth-order valence-electron chi connectivity index (χ4n) is 9.61. The topological polar surface area (TPSA) is 100 Å². The number of hydrogen-bond donors (Lipinski definition) is 0. The largest absolute Gasteiger partial charge is 0.493 e. The predicted octanol–water partition coefficient (Wildman–Crippen LogP) is 4.68. The van der Waals surface area contributed by atoms with Crippen LogP contribution in [0.15, 0.2) is 46.8 Å². The third-order valence-electron chi connectivity index (χ3n) is 11.1. The Bertz CT molecular complexity index is 1530. The lowest BCUT2D eigenvalue weighted by atomic mass is 9.64. The predicted molar refractivity (Wildman–Crippen MR) is 148 cm³/mol. The summed E-state index contributed by atoms with van der Waals surface area (Å²) in [5.74, 6) is 4.26. The molecule has 2 aromatic rings. The molecule has 3 fully saturated rings. The number of carbonyl (C=O) groups excluding carboxylic acids is 1. The molecule has 2 aromatic carbocycles. The molecule has 10 heteroatoms. The van der Waals surface area contributed by atoms with Crippen LogP contribution in [0, 0.1) is 35.5 Å². The lowest BCUT2D eigenvalue weighted by Gasteiger charge is -2.45. The fraction of sp³-hybridized carbons (Fsp3) is 0.531. The maximum atomic E-state index is 13.7. The first-order valence-corrected chi connectivity index (χ1v) is 14.9. The van der Waals surface area contributed by atoms with E-state index in [0.717, 1.165) is 23.1 Å². The second-order valence-electron chi connectivity index (χ2n) is 12.6. The zero-order valence-corrected chi connectivity index (χ0v) is 23.8. The van der Waals surface area contributed by atoms with Gasteiger partial charge in [0.05, 0.1) is 52.0 Å². The summed E-state index contributed by atoms with van der Waals surface area (Å²) >= 11 is 0. The molecule has 4 aliphatic carbocycles. The van der Waals surface area contributed by atoms with Crippen molar-refractivity contribution in [1.82, 2.24) is 5.01 Å². The van der Waals surface area contributed by atoms with E-state index in [1.165, 1.54) is 6.42 Å². The van der Waals surface area contributed by atoms with Gasteiger partial charge in [-0.05, 0) is 77.5 Å². The highest BCUT2D eigenvalue weighted by Crippen LogP contribution is 2.64. The fourth-order valence-corrected chi connectivity index (χ4v) is 9.61. The number of benzene rings is 2. The van der Waals surface area contributed by atoms with Gasteiger partial charge in [-0.3, -0.25) is 9.80 Å². The van der Waals surface area contributed by atoms with Crippen LogP contribution in [0.3, 0.4) is 0 Å². The summed E-state index contributed by atoms with van der Waals surface area (Å²) in [4.78, 5) is 13.7. The molecule has 0 N–H and O–H groups in total. The zero-order chi connectivity index (χ0) is 28.3. The van der Waals surface area contributed by atoms with Crippen LogP contribution in [0.2, 0.25) is 0 Å². The van der Waals surface area contributed by atoms with Gasteiger partial charge in [-0.2, -0.15) is 5.11 Å². The molecule has 0 aromatic heterocycles. The van der Waals surface area contributed by atoms with Crippen molar-refractivity contribution in [3.8, 4) is 28.7 Å². The van der Waals surface area contributed by atoms with E-state index < -0.39 is 5.92 Å². The van der Waals surface area contributed by atoms with E-state index in [1.807, 2.05) is 18.2 Å². The van der Waals surface area contributed by atoms with Crippen LogP contribution in [0.25, 0.3) is 0 Å². The van der Waals surface area contributed by atoms with E-state index in [2.05, 4.69) is 23.2 Å². The number of ether oxygens (including phenoxy) is 6. The van der Waals surface area contributed by atoms with E-state index in [0.29, 0.717) is 59.0 Å². The normalized spacial score (nSPS) is 37.4. The summed E-state index contributed by atoms with van der Waals surface area (Å²) in [5, 5.41) is 12.1. The Morgan fingerprint density at radius 2 is 1.64 bits per heavy atom. The van der Waals surface area contributed by atoms with E-state index in [-0.39, 0.29) is 42.7 Å². The van der Waals surface area contributed by atoms with Gasteiger partial charge < -0.3 is 28.4 Å². The first-order chi connectivity index (χ1) is 20.6. The van der Waals surface area contributed by atoms with Crippen LogP contribution in [-0.4, -0.2) is 57.8 Å². The molecule has 42 heavy (non-hydrogen) atoms. The molecule has 218 valence electrons. The standard InChI is InChI=1S/C32H33N3O7/c1-37-24-7-14(8-25(38-2)31(24)39-3)26-17-10-22-23(42-13-41-22)11-20(17)29(21-12-40-32(36)27(21)26)35-30-19-9-18(28(30)33-34-35)15-5-4-6-16(15)19/h4-5,7-8,10-11,15-16,18-19,21,26-30H,6,9,12-13H2,1-3H3/t15?,16?,18-,19+,21-,26+,27-,28?,29?,30?/m0/s1. The number of carbonyl (C=O) groups is 1. The number of cyclic esters (lactones) is 1. The van der Waals surface area contributed by atoms with E-state index in [1.54, 1.807) is 21.3 Å². The zero-order valence-electron chi connectivity index (χ0n) is 23.8. The number of nitrogens with zero attached hydrogens (tertiary/aromatic N) is 3. The number of esters is 1. The van der Waals surface area contributed by atoms with Crippen molar-refractivity contribution in [3.63, 3.8) is 0 Å². The van der Waals surface area contributed by atoms with Crippen LogP contribution in [0.5, 0.6) is 28.7 Å². The Labute approximate surface area is 243 Å². The van der Waals surface area contributed by atoms with Crippen molar-refractivity contribution in [3.05, 3.63) is 53.1 Å². The minimum atomic E-state index is -0.431. The third-order valence-corrected chi connectivity index (χ3v) is 11.1. The molecule has 2 saturated carbocycles. The molecule has 10 nitrogen and oxygen atoms in total. The quantitative estimate of drug-likeness (QED) is 0.377. The second kappa shape index (κ2) is 8.78. The van der Waals surface area contributed by atoms with Crippen molar-refractivity contribution in [1.29, 1.82) is 0 Å². The van der Waals surface area contributed by atoms with Gasteiger partial charge in [0.15, 0.2) is 23.0 Å². The van der Waals surface area contributed by atoms with Gasteiger partial charge in [0.1, 0.15) is 0 Å². The van der Waals surface area contributed by atoms with Crippen molar-refractivity contribution >= 4 is 5.97 Å². The highest BCUT2D eigenvalue weighted by Gasteiger charge is 2.64. The molecule has 2 bridgehead atoms. The van der Waals surface area contributed by atoms with E-state index >= 15 is 0 Å². The van der Waals surface area contributed by atoms with Gasteiger partial charge >= 0.3 is 5.97 Å². The Morgan fingerprint density at radius 3 is 2.38 bits per heavy atom. The van der Waals surface area contributed by atoms with Crippen LogP contribution < -0.4 is 23.7 Å². The molecule has 1 saturated heterocycles. The smallest absolute Gasteiger partial charge is 0.310 e. The van der Waals surface area contributed by atoms with Gasteiger partial charge in [-0.25, -0.2) is 0 Å². The number of fused-ring (bicyclic) bond motifs is 11. The number of rotatable bonds is 5. The lowest BCUT2D eigenvalue weighted by molar-refractivity contribution is -0.141. The number of methoxy groups -OCH3 is 3. The van der Waals surface area contributed by atoms with Crippen LogP contribution in [-0.2, 0) is 9.53 Å². The molecular formula is C32H33N3O7. The highest BCUT2D eigenvalue weighted by atomic mass is 16.7. The van der Waals surface area contributed by atoms with Crippen molar-refractivity contribution in [2.75, 3.05) is 34.7 Å². The van der Waals surface area contributed by atoms with Crippen LogP contribution in [0.1, 0.15) is 41.5 Å². The van der Waals surface area contributed by atoms with Crippen molar-refractivity contribution in [2.45, 2.75) is 36.9 Å². The second-order valence-corrected chi connectivity index (χ2v) is 12.6. The van der Waals surface area contributed by atoms with E-state index in [4.69, 9.17) is 38.8 Å². The van der Waals surface area contributed by atoms with E-state index in [9.17, 15) is 4.79 Å². The van der Waals surface area contributed by atoms with Gasteiger partial charge in [-0.15, -0.1) is 0 Å². The summed E-state index contributed by atoms with van der Waals surface area (Å²) in [6.45, 7) is 0.495.